The maximum Gasteiger partial charge on any atom is 0.248 e. The van der Waals surface area contributed by atoms with Crippen molar-refractivity contribution in [3.05, 3.63) is 6.33 Å². The number of hydrogen-bond donors (Lipinski definition) is 2. The zero-order valence-electron chi connectivity index (χ0n) is 13.7. The van der Waals surface area contributed by atoms with Crippen LogP contribution < -0.4 is 10.6 Å². The molecule has 0 saturated carbocycles. The zero-order chi connectivity index (χ0) is 16.8. The Labute approximate surface area is 140 Å². The molecule has 0 spiro atoms. The fraction of sp³-hybridized carbons (Fsp3) is 0.733. The number of aromatic nitrogens is 3. The minimum atomic E-state index is -0.399. The summed E-state index contributed by atoms with van der Waals surface area (Å²) in [7, 11) is 0. The van der Waals surface area contributed by atoms with E-state index in [0.717, 1.165) is 25.9 Å². The highest BCUT2D eigenvalue weighted by molar-refractivity contribution is 5.93. The van der Waals surface area contributed by atoms with Crippen molar-refractivity contribution in [3.8, 4) is 0 Å². The van der Waals surface area contributed by atoms with E-state index in [-0.39, 0.29) is 24.3 Å². The molecule has 2 amide bonds. The summed E-state index contributed by atoms with van der Waals surface area (Å²) in [5, 5.41) is 9.87. The van der Waals surface area contributed by atoms with E-state index in [9.17, 15) is 9.59 Å². The zero-order valence-corrected chi connectivity index (χ0v) is 13.7. The Morgan fingerprint density at radius 3 is 2.79 bits per heavy atom. The molecule has 0 bridgehead atoms. The highest BCUT2D eigenvalue weighted by Crippen LogP contribution is 2.10. The van der Waals surface area contributed by atoms with E-state index in [4.69, 9.17) is 4.74 Å². The summed E-state index contributed by atoms with van der Waals surface area (Å²) in [6, 6.07) is -0.399. The monoisotopic (exact) mass is 336 g/mol. The van der Waals surface area contributed by atoms with Gasteiger partial charge in [0.05, 0.1) is 13.2 Å². The first-order chi connectivity index (χ1) is 11.7. The van der Waals surface area contributed by atoms with Gasteiger partial charge in [0.15, 0.2) is 0 Å². The normalized spacial score (nSPS) is 22.0. The quantitative estimate of drug-likeness (QED) is 0.776. The highest BCUT2D eigenvalue weighted by atomic mass is 16.5. The lowest BCUT2D eigenvalue weighted by Crippen LogP contribution is -2.49. The van der Waals surface area contributed by atoms with Crippen LogP contribution in [0.25, 0.3) is 0 Å². The molecule has 3 heterocycles. The number of morpholine rings is 1. The molecule has 1 aromatic heterocycles. The van der Waals surface area contributed by atoms with Crippen LogP contribution in [0.5, 0.6) is 0 Å². The summed E-state index contributed by atoms with van der Waals surface area (Å²) in [5.41, 5.74) is 0. The third kappa shape index (κ3) is 4.51. The molecule has 1 atom stereocenters. The van der Waals surface area contributed by atoms with Crippen LogP contribution in [-0.4, -0.2) is 70.4 Å². The van der Waals surface area contributed by atoms with Gasteiger partial charge in [-0.15, -0.1) is 5.10 Å². The lowest BCUT2D eigenvalue weighted by molar-refractivity contribution is -0.132. The summed E-state index contributed by atoms with van der Waals surface area (Å²) in [6.45, 7) is 3.35. The number of amides is 2. The lowest BCUT2D eigenvalue weighted by Gasteiger charge is -2.22. The highest BCUT2D eigenvalue weighted by Gasteiger charge is 2.22. The molecule has 132 valence electrons. The van der Waals surface area contributed by atoms with Gasteiger partial charge in [0.25, 0.3) is 0 Å². The maximum atomic E-state index is 12.3. The SMILES string of the molecule is O=C(Nc1ncn(CC(=O)N2CCCCCC2)n1)C1COCCN1. The minimum absolute atomic E-state index is 0.0435. The van der Waals surface area contributed by atoms with Crippen LogP contribution in [0.2, 0.25) is 0 Å². The van der Waals surface area contributed by atoms with E-state index in [2.05, 4.69) is 20.7 Å². The molecule has 0 aromatic carbocycles. The summed E-state index contributed by atoms with van der Waals surface area (Å²) in [4.78, 5) is 30.3. The van der Waals surface area contributed by atoms with Crippen LogP contribution in [0.1, 0.15) is 25.7 Å². The van der Waals surface area contributed by atoms with E-state index in [1.165, 1.54) is 23.9 Å². The van der Waals surface area contributed by atoms with Crippen molar-refractivity contribution >= 4 is 17.8 Å². The molecular weight excluding hydrogens is 312 g/mol. The Morgan fingerprint density at radius 2 is 2.08 bits per heavy atom. The molecule has 24 heavy (non-hydrogen) atoms. The third-order valence-corrected chi connectivity index (χ3v) is 4.27. The number of nitrogens with one attached hydrogen (secondary N) is 2. The van der Waals surface area contributed by atoms with Crippen molar-refractivity contribution in [2.45, 2.75) is 38.3 Å². The Balaban J connectivity index is 1.51. The van der Waals surface area contributed by atoms with Crippen molar-refractivity contribution in [2.24, 2.45) is 0 Å². The van der Waals surface area contributed by atoms with Gasteiger partial charge in [-0.1, -0.05) is 12.8 Å². The summed E-state index contributed by atoms with van der Waals surface area (Å²) in [6.07, 6.45) is 5.95. The molecule has 9 nitrogen and oxygen atoms in total. The van der Waals surface area contributed by atoms with Crippen LogP contribution in [0.15, 0.2) is 6.33 Å². The summed E-state index contributed by atoms with van der Waals surface area (Å²) >= 11 is 0. The third-order valence-electron chi connectivity index (χ3n) is 4.27. The smallest absolute Gasteiger partial charge is 0.248 e. The van der Waals surface area contributed by atoms with Crippen molar-refractivity contribution in [1.82, 2.24) is 25.0 Å². The number of carbonyl (C=O) groups is 2. The minimum Gasteiger partial charge on any atom is -0.378 e. The standard InChI is InChI=1S/C15H24N6O3/c22-13(20-6-3-1-2-4-7-20)9-21-11-17-15(19-21)18-14(23)12-10-24-8-5-16-12/h11-12,16H,1-10H2,(H,18,19,23). The van der Waals surface area contributed by atoms with Crippen LogP contribution in [-0.2, 0) is 20.9 Å². The topological polar surface area (TPSA) is 101 Å². The molecule has 2 aliphatic rings. The van der Waals surface area contributed by atoms with Gasteiger partial charge >= 0.3 is 0 Å². The number of anilines is 1. The van der Waals surface area contributed by atoms with Crippen LogP contribution in [0.4, 0.5) is 5.95 Å². The van der Waals surface area contributed by atoms with E-state index in [1.807, 2.05) is 4.90 Å². The molecule has 0 aliphatic carbocycles. The molecule has 0 radical (unpaired) electrons. The van der Waals surface area contributed by atoms with E-state index in [0.29, 0.717) is 19.8 Å². The van der Waals surface area contributed by atoms with Gasteiger partial charge in [-0.3, -0.25) is 14.9 Å². The van der Waals surface area contributed by atoms with Gasteiger partial charge in [0, 0.05) is 19.6 Å². The van der Waals surface area contributed by atoms with Gasteiger partial charge in [-0.05, 0) is 12.8 Å². The largest absolute Gasteiger partial charge is 0.378 e. The van der Waals surface area contributed by atoms with Crippen molar-refractivity contribution < 1.29 is 14.3 Å². The Kier molecular flexibility index (Phi) is 5.76. The van der Waals surface area contributed by atoms with Gasteiger partial charge < -0.3 is 15.0 Å². The molecule has 1 aromatic rings. The van der Waals surface area contributed by atoms with Crippen LogP contribution in [0.3, 0.4) is 0 Å². The fourth-order valence-corrected chi connectivity index (χ4v) is 2.92. The van der Waals surface area contributed by atoms with Crippen molar-refractivity contribution in [1.29, 1.82) is 0 Å². The fourth-order valence-electron chi connectivity index (χ4n) is 2.92. The first-order valence-corrected chi connectivity index (χ1v) is 8.51. The number of carbonyl (C=O) groups excluding carboxylic acids is 2. The maximum absolute atomic E-state index is 12.3. The second kappa shape index (κ2) is 8.20. The van der Waals surface area contributed by atoms with Crippen molar-refractivity contribution in [3.63, 3.8) is 0 Å². The first-order valence-electron chi connectivity index (χ1n) is 8.51. The van der Waals surface area contributed by atoms with Crippen molar-refractivity contribution in [2.75, 3.05) is 38.2 Å². The Hall–Kier alpha value is -2.00. The van der Waals surface area contributed by atoms with Gasteiger partial charge in [-0.25, -0.2) is 9.67 Å². The second-order valence-corrected chi connectivity index (χ2v) is 6.13. The number of nitrogens with zero attached hydrogens (tertiary/aromatic N) is 4. The summed E-state index contributed by atoms with van der Waals surface area (Å²) in [5.74, 6) is 0.0179. The Morgan fingerprint density at radius 1 is 1.29 bits per heavy atom. The predicted octanol–water partition coefficient (Wildman–Crippen LogP) is -0.392. The molecule has 2 fully saturated rings. The van der Waals surface area contributed by atoms with Crippen LogP contribution in [0, 0.1) is 0 Å². The average Bonchev–Trinajstić information content (AvgIpc) is 2.86. The predicted molar refractivity (Wildman–Crippen MR) is 86.3 cm³/mol. The molecule has 2 N–H and O–H groups in total. The lowest BCUT2D eigenvalue weighted by atomic mass is 10.2. The molecule has 3 rings (SSSR count). The van der Waals surface area contributed by atoms with Gasteiger partial charge in [-0.2, -0.15) is 0 Å². The molecular formula is C15H24N6O3. The van der Waals surface area contributed by atoms with E-state index in [1.54, 1.807) is 0 Å². The number of likely N-dealkylation sites (tertiary alicyclic amines) is 1. The summed E-state index contributed by atoms with van der Waals surface area (Å²) < 4.78 is 6.72. The number of hydrogen-bond acceptors (Lipinski definition) is 6. The number of ether oxygens (including phenoxy) is 1. The van der Waals surface area contributed by atoms with Crippen LogP contribution >= 0.6 is 0 Å². The Bertz CT molecular complexity index is 561. The number of rotatable bonds is 4. The molecule has 2 saturated heterocycles. The van der Waals surface area contributed by atoms with E-state index < -0.39 is 6.04 Å². The first kappa shape index (κ1) is 16.8. The van der Waals surface area contributed by atoms with E-state index >= 15 is 0 Å². The molecule has 2 aliphatic heterocycles. The van der Waals surface area contributed by atoms with Gasteiger partial charge in [0.2, 0.25) is 17.8 Å². The van der Waals surface area contributed by atoms with Gasteiger partial charge in [0.1, 0.15) is 18.9 Å². The average molecular weight is 336 g/mol. The molecule has 1 unspecified atom stereocenters. The second-order valence-electron chi connectivity index (χ2n) is 6.13. The molecule has 9 heteroatoms.